The summed E-state index contributed by atoms with van der Waals surface area (Å²) in [7, 11) is 0. The normalized spacial score (nSPS) is 26.1. The zero-order valence-corrected chi connectivity index (χ0v) is 24.3. The molecule has 3 heterocycles. The van der Waals surface area contributed by atoms with E-state index in [2.05, 4.69) is 13.2 Å². The van der Waals surface area contributed by atoms with E-state index in [-0.39, 0.29) is 29.6 Å². The van der Waals surface area contributed by atoms with Crippen molar-refractivity contribution in [3.8, 4) is 0 Å². The molecule has 5 rings (SSSR count). The molecule has 3 saturated heterocycles. The molecule has 2 unspecified atom stereocenters. The van der Waals surface area contributed by atoms with E-state index in [1.165, 1.54) is 0 Å². The summed E-state index contributed by atoms with van der Waals surface area (Å²) in [6.07, 6.45) is 6.07. The van der Waals surface area contributed by atoms with Gasteiger partial charge in [-0.3, -0.25) is 14.4 Å². The number of likely N-dealkylation sites (tertiary alicyclic amines) is 1. The van der Waals surface area contributed by atoms with E-state index in [0.29, 0.717) is 39.0 Å². The predicted molar refractivity (Wildman–Crippen MR) is 163 cm³/mol. The van der Waals surface area contributed by atoms with Crippen LogP contribution in [0.1, 0.15) is 31.2 Å². The molecule has 0 radical (unpaired) electrons. The Morgan fingerprint density at radius 2 is 1.68 bits per heavy atom. The van der Waals surface area contributed by atoms with Crippen LogP contribution >= 0.6 is 11.8 Å². The molecule has 2 bridgehead atoms. The number of anilines is 1. The predicted octanol–water partition coefficient (Wildman–Crippen LogP) is 4.28. The van der Waals surface area contributed by atoms with Gasteiger partial charge in [-0.2, -0.15) is 0 Å². The Bertz CT molecular complexity index is 1270. The number of rotatable bonds is 13. The van der Waals surface area contributed by atoms with Crippen molar-refractivity contribution in [2.45, 2.75) is 48.3 Å². The first-order valence-corrected chi connectivity index (χ1v) is 15.3. The highest BCUT2D eigenvalue weighted by atomic mass is 32.2. The number of thioether (sulfide) groups is 1. The van der Waals surface area contributed by atoms with Crippen LogP contribution in [0.15, 0.2) is 86.0 Å². The van der Waals surface area contributed by atoms with Gasteiger partial charge in [-0.25, -0.2) is 0 Å². The van der Waals surface area contributed by atoms with Crippen molar-refractivity contribution in [2.24, 2.45) is 11.8 Å². The van der Waals surface area contributed by atoms with E-state index in [1.54, 1.807) is 38.6 Å². The summed E-state index contributed by atoms with van der Waals surface area (Å²) in [6.45, 7) is 9.29. The molecule has 0 saturated carbocycles. The Kier molecular flexibility index (Phi) is 9.00. The number of amides is 3. The van der Waals surface area contributed by atoms with Crippen molar-refractivity contribution >= 4 is 35.2 Å². The maximum atomic E-state index is 14.5. The Balaban J connectivity index is 1.51. The van der Waals surface area contributed by atoms with Crippen molar-refractivity contribution in [1.82, 2.24) is 9.80 Å². The fourth-order valence-corrected chi connectivity index (χ4v) is 9.16. The number of hydrogen-bond donors (Lipinski definition) is 1. The highest BCUT2D eigenvalue weighted by Gasteiger charge is 2.74. The third kappa shape index (κ3) is 5.35. The topological polar surface area (TPSA) is 81.2 Å². The minimum Gasteiger partial charge on any atom is -0.396 e. The second-order valence-electron chi connectivity index (χ2n) is 11.1. The second-order valence-corrected chi connectivity index (χ2v) is 12.7. The number of fused-ring (bicyclic) bond motifs is 1. The van der Waals surface area contributed by atoms with Crippen LogP contribution in [0.3, 0.4) is 0 Å². The molecule has 7 nitrogen and oxygen atoms in total. The summed E-state index contributed by atoms with van der Waals surface area (Å²) in [6, 6.07) is 18.7. The standard InChI is InChI=1S/C33H39N3O4S/c1-3-19-34(23-24-13-7-5-8-14-24)32(40)29-33-18-17-26(41-33)27(28(33)31(39)36(29)21-11-12-22-37)30(38)35(20-4-2)25-15-9-6-10-16-25/h3-10,13-16,26-29,37H,1-2,11-12,17-23H2/t26-,27+,28+,29?,33?/m1/s1. The summed E-state index contributed by atoms with van der Waals surface area (Å²) in [5.74, 6) is -1.37. The van der Waals surface area contributed by atoms with Gasteiger partial charge < -0.3 is 19.8 Å². The largest absolute Gasteiger partial charge is 0.396 e. The van der Waals surface area contributed by atoms with Gasteiger partial charge in [-0.15, -0.1) is 24.9 Å². The molecule has 3 amide bonds. The number of aliphatic hydroxyl groups is 1. The van der Waals surface area contributed by atoms with Crippen LogP contribution in [0.2, 0.25) is 0 Å². The van der Waals surface area contributed by atoms with Crippen molar-refractivity contribution in [2.75, 3.05) is 31.1 Å². The van der Waals surface area contributed by atoms with E-state index in [1.807, 2.05) is 60.7 Å². The average Bonchev–Trinajstić information content (AvgIpc) is 3.63. The van der Waals surface area contributed by atoms with Gasteiger partial charge in [0.1, 0.15) is 6.04 Å². The van der Waals surface area contributed by atoms with E-state index >= 15 is 0 Å². The maximum Gasteiger partial charge on any atom is 0.247 e. The highest BCUT2D eigenvalue weighted by Crippen LogP contribution is 2.66. The van der Waals surface area contributed by atoms with Gasteiger partial charge in [0.15, 0.2) is 0 Å². The lowest BCUT2D eigenvalue weighted by molar-refractivity contribution is -0.143. The summed E-state index contributed by atoms with van der Waals surface area (Å²) >= 11 is 1.68. The number of unbranched alkanes of at least 4 members (excludes halogenated alkanes) is 1. The zero-order chi connectivity index (χ0) is 29.0. The summed E-state index contributed by atoms with van der Waals surface area (Å²) < 4.78 is -0.662. The minimum atomic E-state index is -0.667. The van der Waals surface area contributed by atoms with E-state index in [4.69, 9.17) is 0 Å². The van der Waals surface area contributed by atoms with Gasteiger partial charge in [-0.1, -0.05) is 60.7 Å². The number of para-hydroxylation sites is 1. The Morgan fingerprint density at radius 3 is 2.34 bits per heavy atom. The molecule has 0 aliphatic carbocycles. The van der Waals surface area contributed by atoms with Crippen LogP contribution in [0.5, 0.6) is 0 Å². The lowest BCUT2D eigenvalue weighted by atomic mass is 9.70. The van der Waals surface area contributed by atoms with Crippen LogP contribution in [0, 0.1) is 11.8 Å². The monoisotopic (exact) mass is 573 g/mol. The van der Waals surface area contributed by atoms with Gasteiger partial charge in [0.05, 0.1) is 16.6 Å². The average molecular weight is 574 g/mol. The smallest absolute Gasteiger partial charge is 0.247 e. The van der Waals surface area contributed by atoms with Gasteiger partial charge in [0.25, 0.3) is 0 Å². The molecule has 3 fully saturated rings. The number of benzene rings is 2. The van der Waals surface area contributed by atoms with E-state index < -0.39 is 22.6 Å². The number of hydrogen-bond acceptors (Lipinski definition) is 5. The zero-order valence-electron chi connectivity index (χ0n) is 23.4. The lowest BCUT2D eigenvalue weighted by Crippen LogP contribution is -2.55. The molecular weight excluding hydrogens is 534 g/mol. The molecule has 2 aromatic rings. The second kappa shape index (κ2) is 12.7. The third-order valence-corrected chi connectivity index (χ3v) is 10.6. The van der Waals surface area contributed by atoms with Crippen LogP contribution in [0.25, 0.3) is 0 Å². The molecular formula is C33H39N3O4S. The Morgan fingerprint density at radius 1 is 1.00 bits per heavy atom. The molecule has 2 aromatic carbocycles. The van der Waals surface area contributed by atoms with Crippen LogP contribution in [-0.4, -0.2) is 74.9 Å². The first-order valence-electron chi connectivity index (χ1n) is 14.5. The maximum absolute atomic E-state index is 14.5. The fraction of sp³-hybridized carbons (Fsp3) is 0.424. The molecule has 5 atom stereocenters. The molecule has 41 heavy (non-hydrogen) atoms. The van der Waals surface area contributed by atoms with Crippen molar-refractivity contribution in [1.29, 1.82) is 0 Å². The molecule has 0 aromatic heterocycles. The Labute approximate surface area is 246 Å². The quantitative estimate of drug-likeness (QED) is 0.286. The minimum absolute atomic E-state index is 0.0238. The molecule has 216 valence electrons. The van der Waals surface area contributed by atoms with Crippen LogP contribution in [-0.2, 0) is 20.9 Å². The molecule has 1 N–H and O–H groups in total. The highest BCUT2D eigenvalue weighted by molar-refractivity contribution is 8.02. The SMILES string of the molecule is C=CCN(Cc1ccccc1)C(=O)C1N(CCCCO)C(=O)[C@@H]2[C@@H](C(=O)N(CC=C)c3ccccc3)[C@H]3CCC12S3. The van der Waals surface area contributed by atoms with E-state index in [9.17, 15) is 19.5 Å². The summed E-state index contributed by atoms with van der Waals surface area (Å²) in [4.78, 5) is 48.4. The molecule has 1 spiro atoms. The van der Waals surface area contributed by atoms with Crippen molar-refractivity contribution < 1.29 is 19.5 Å². The molecule has 3 aliphatic rings. The van der Waals surface area contributed by atoms with Crippen molar-refractivity contribution in [3.05, 3.63) is 91.5 Å². The number of carbonyl (C=O) groups excluding carboxylic acids is 3. The molecule has 3 aliphatic heterocycles. The number of nitrogens with zero attached hydrogens (tertiary/aromatic N) is 3. The molecule has 8 heteroatoms. The first kappa shape index (κ1) is 29.1. The summed E-state index contributed by atoms with van der Waals surface area (Å²) in [5.41, 5.74) is 1.78. The summed E-state index contributed by atoms with van der Waals surface area (Å²) in [5, 5.41) is 9.43. The fourth-order valence-electron chi connectivity index (χ4n) is 6.95. The van der Waals surface area contributed by atoms with Gasteiger partial charge in [0, 0.05) is 43.7 Å². The Hall–Kier alpha value is -3.36. The number of carbonyl (C=O) groups is 3. The van der Waals surface area contributed by atoms with Gasteiger partial charge in [0.2, 0.25) is 17.7 Å². The van der Waals surface area contributed by atoms with Crippen molar-refractivity contribution in [3.63, 3.8) is 0 Å². The van der Waals surface area contributed by atoms with E-state index in [0.717, 1.165) is 24.1 Å². The van der Waals surface area contributed by atoms with Crippen LogP contribution < -0.4 is 4.90 Å². The lowest BCUT2D eigenvalue weighted by Gasteiger charge is -2.37. The first-order chi connectivity index (χ1) is 20.0. The third-order valence-electron chi connectivity index (χ3n) is 8.65. The number of aliphatic hydroxyl groups excluding tert-OH is 1. The van der Waals surface area contributed by atoms with Gasteiger partial charge in [-0.05, 0) is 43.4 Å². The van der Waals surface area contributed by atoms with Gasteiger partial charge >= 0.3 is 0 Å². The van der Waals surface area contributed by atoms with Crippen LogP contribution in [0.4, 0.5) is 5.69 Å².